The number of carbonyl (C=O) groups excluding carboxylic acids is 1. The van der Waals surface area contributed by atoms with Gasteiger partial charge in [-0.15, -0.1) is 0 Å². The molecule has 20 heavy (non-hydrogen) atoms. The molecule has 2 rings (SSSR count). The van der Waals surface area contributed by atoms with Crippen molar-refractivity contribution in [3.05, 3.63) is 59.0 Å². The van der Waals surface area contributed by atoms with E-state index < -0.39 is 0 Å². The minimum atomic E-state index is -0.279. The van der Waals surface area contributed by atoms with E-state index in [1.54, 1.807) is 19.4 Å². The summed E-state index contributed by atoms with van der Waals surface area (Å²) in [6.45, 7) is 4.27. The van der Waals surface area contributed by atoms with Crippen LogP contribution in [0.5, 0.6) is 0 Å². The molecule has 0 aliphatic rings. The summed E-state index contributed by atoms with van der Waals surface area (Å²) in [5, 5.41) is 2.88. The third-order valence-corrected chi connectivity index (χ3v) is 3.23. The molecule has 1 atom stereocenters. The molecule has 4 nitrogen and oxygen atoms in total. The number of rotatable bonds is 5. The van der Waals surface area contributed by atoms with Crippen LogP contribution < -0.4 is 5.32 Å². The van der Waals surface area contributed by atoms with Crippen LogP contribution in [-0.2, 0) is 4.74 Å². The van der Waals surface area contributed by atoms with Gasteiger partial charge in [0.25, 0.3) is 5.91 Å². The first-order valence-electron chi connectivity index (χ1n) is 6.53. The summed E-state index contributed by atoms with van der Waals surface area (Å²) in [5.41, 5.74) is 2.72. The Labute approximate surface area is 118 Å². The van der Waals surface area contributed by atoms with Crippen molar-refractivity contribution >= 4 is 5.91 Å². The summed E-state index contributed by atoms with van der Waals surface area (Å²) in [4.78, 5) is 12.2. The highest BCUT2D eigenvalue weighted by Gasteiger charge is 2.16. The monoisotopic (exact) mass is 273 g/mol. The summed E-state index contributed by atoms with van der Waals surface area (Å²) < 4.78 is 10.6. The van der Waals surface area contributed by atoms with Crippen molar-refractivity contribution in [2.45, 2.75) is 20.0 Å². The minimum Gasteiger partial charge on any atom is -0.467 e. The fraction of sp³-hybridized carbons (Fsp3) is 0.312. The number of benzene rings is 1. The van der Waals surface area contributed by atoms with Crippen molar-refractivity contribution in [3.63, 3.8) is 0 Å². The highest BCUT2D eigenvalue weighted by molar-refractivity contribution is 5.95. The minimum absolute atomic E-state index is 0.0974. The Morgan fingerprint density at radius 1 is 1.35 bits per heavy atom. The number of ether oxygens (including phenoxy) is 1. The number of aryl methyl sites for hydroxylation is 2. The van der Waals surface area contributed by atoms with E-state index in [2.05, 4.69) is 5.32 Å². The number of nitrogens with one attached hydrogen (secondary N) is 1. The maximum absolute atomic E-state index is 12.2. The maximum atomic E-state index is 12.2. The van der Waals surface area contributed by atoms with Gasteiger partial charge < -0.3 is 14.5 Å². The van der Waals surface area contributed by atoms with Crippen LogP contribution in [0.3, 0.4) is 0 Å². The molecule has 0 fully saturated rings. The predicted octanol–water partition coefficient (Wildman–Crippen LogP) is 3.01. The molecule has 1 aromatic heterocycles. The van der Waals surface area contributed by atoms with Gasteiger partial charge >= 0.3 is 0 Å². The summed E-state index contributed by atoms with van der Waals surface area (Å²) in [5.74, 6) is 0.605. The smallest absolute Gasteiger partial charge is 0.251 e. The van der Waals surface area contributed by atoms with E-state index in [1.165, 1.54) is 0 Å². The van der Waals surface area contributed by atoms with E-state index in [-0.39, 0.29) is 12.0 Å². The first-order chi connectivity index (χ1) is 9.61. The molecule has 1 amide bonds. The average molecular weight is 273 g/mol. The normalized spacial score (nSPS) is 12.2. The molecule has 0 aliphatic carbocycles. The molecule has 0 aliphatic heterocycles. The molecular formula is C16H19NO3. The molecule has 0 spiro atoms. The Morgan fingerprint density at radius 2 is 2.15 bits per heavy atom. The third kappa shape index (κ3) is 3.27. The van der Waals surface area contributed by atoms with Gasteiger partial charge in [-0.05, 0) is 37.6 Å². The van der Waals surface area contributed by atoms with E-state index in [4.69, 9.17) is 9.15 Å². The topological polar surface area (TPSA) is 51.5 Å². The molecule has 0 bridgehead atoms. The van der Waals surface area contributed by atoms with Crippen LogP contribution in [0.15, 0.2) is 41.0 Å². The molecule has 0 saturated heterocycles. The lowest BCUT2D eigenvalue weighted by Gasteiger charge is -2.14. The van der Waals surface area contributed by atoms with E-state index in [0.29, 0.717) is 17.9 Å². The van der Waals surface area contributed by atoms with Crippen molar-refractivity contribution in [1.29, 1.82) is 0 Å². The molecule has 106 valence electrons. The number of carbonyl (C=O) groups is 1. The maximum Gasteiger partial charge on any atom is 0.251 e. The highest BCUT2D eigenvalue weighted by Crippen LogP contribution is 2.16. The van der Waals surface area contributed by atoms with Gasteiger partial charge in [0.05, 0.1) is 12.8 Å². The molecule has 1 unspecified atom stereocenters. The van der Waals surface area contributed by atoms with Crippen molar-refractivity contribution < 1.29 is 13.9 Å². The predicted molar refractivity (Wildman–Crippen MR) is 76.7 cm³/mol. The summed E-state index contributed by atoms with van der Waals surface area (Å²) in [6, 6.07) is 9.46. The lowest BCUT2D eigenvalue weighted by Crippen LogP contribution is -2.29. The Morgan fingerprint density at radius 3 is 2.80 bits per heavy atom. The average Bonchev–Trinajstić information content (AvgIpc) is 2.96. The Kier molecular flexibility index (Phi) is 4.58. The first-order valence-corrected chi connectivity index (χ1v) is 6.53. The summed E-state index contributed by atoms with van der Waals surface area (Å²) in [6.07, 6.45) is 1.31. The SMILES string of the molecule is COC(CNC(=O)c1cc(C)ccc1C)c1ccco1. The summed E-state index contributed by atoms with van der Waals surface area (Å²) in [7, 11) is 1.59. The Hall–Kier alpha value is -2.07. The lowest BCUT2D eigenvalue weighted by atomic mass is 10.1. The number of methoxy groups -OCH3 is 1. The van der Waals surface area contributed by atoms with Crippen molar-refractivity contribution in [2.24, 2.45) is 0 Å². The van der Waals surface area contributed by atoms with Crippen LogP contribution in [-0.4, -0.2) is 19.6 Å². The van der Waals surface area contributed by atoms with E-state index in [1.807, 2.05) is 38.1 Å². The zero-order chi connectivity index (χ0) is 14.5. The second-order valence-corrected chi connectivity index (χ2v) is 4.77. The quantitative estimate of drug-likeness (QED) is 0.911. The lowest BCUT2D eigenvalue weighted by molar-refractivity contribution is 0.0738. The van der Waals surface area contributed by atoms with E-state index in [0.717, 1.165) is 11.1 Å². The van der Waals surface area contributed by atoms with Crippen LogP contribution in [0.1, 0.15) is 33.3 Å². The molecule has 1 heterocycles. The second-order valence-electron chi connectivity index (χ2n) is 4.77. The fourth-order valence-electron chi connectivity index (χ4n) is 2.04. The van der Waals surface area contributed by atoms with Crippen molar-refractivity contribution in [3.8, 4) is 0 Å². The Bertz CT molecular complexity index is 575. The molecule has 0 saturated carbocycles. The molecule has 1 aromatic carbocycles. The zero-order valence-electron chi connectivity index (χ0n) is 12.0. The van der Waals surface area contributed by atoms with Gasteiger partial charge in [0.15, 0.2) is 0 Å². The van der Waals surface area contributed by atoms with Gasteiger partial charge in [-0.3, -0.25) is 4.79 Å². The van der Waals surface area contributed by atoms with Gasteiger partial charge in [0.1, 0.15) is 11.9 Å². The molecule has 1 N–H and O–H groups in total. The van der Waals surface area contributed by atoms with Crippen LogP contribution in [0, 0.1) is 13.8 Å². The van der Waals surface area contributed by atoms with Gasteiger partial charge in [0.2, 0.25) is 0 Å². The zero-order valence-corrected chi connectivity index (χ0v) is 12.0. The number of amides is 1. The molecule has 0 radical (unpaired) electrons. The standard InChI is InChI=1S/C16H19NO3/c1-11-6-7-12(2)13(9-11)16(18)17-10-15(19-3)14-5-4-8-20-14/h4-9,15H,10H2,1-3H3,(H,17,18). The van der Waals surface area contributed by atoms with Gasteiger partial charge in [-0.2, -0.15) is 0 Å². The fourth-order valence-corrected chi connectivity index (χ4v) is 2.04. The van der Waals surface area contributed by atoms with Gasteiger partial charge in [-0.1, -0.05) is 17.7 Å². The van der Waals surface area contributed by atoms with Crippen molar-refractivity contribution in [2.75, 3.05) is 13.7 Å². The summed E-state index contributed by atoms with van der Waals surface area (Å²) >= 11 is 0. The highest BCUT2D eigenvalue weighted by atomic mass is 16.5. The first kappa shape index (κ1) is 14.3. The van der Waals surface area contributed by atoms with Crippen LogP contribution in [0.25, 0.3) is 0 Å². The van der Waals surface area contributed by atoms with Gasteiger partial charge in [0, 0.05) is 12.7 Å². The van der Waals surface area contributed by atoms with E-state index >= 15 is 0 Å². The number of furan rings is 1. The van der Waals surface area contributed by atoms with Crippen LogP contribution in [0.2, 0.25) is 0 Å². The second kappa shape index (κ2) is 6.39. The third-order valence-electron chi connectivity index (χ3n) is 3.23. The molecule has 4 heteroatoms. The van der Waals surface area contributed by atoms with Crippen molar-refractivity contribution in [1.82, 2.24) is 5.32 Å². The van der Waals surface area contributed by atoms with Crippen LogP contribution >= 0.6 is 0 Å². The Balaban J connectivity index is 2.03. The van der Waals surface area contributed by atoms with E-state index in [9.17, 15) is 4.79 Å². The number of hydrogen-bond donors (Lipinski definition) is 1. The van der Waals surface area contributed by atoms with Gasteiger partial charge in [-0.25, -0.2) is 0 Å². The molecule has 2 aromatic rings. The van der Waals surface area contributed by atoms with Crippen LogP contribution in [0.4, 0.5) is 0 Å². The largest absolute Gasteiger partial charge is 0.467 e. The number of hydrogen-bond acceptors (Lipinski definition) is 3. The molecular weight excluding hydrogens is 254 g/mol.